The van der Waals surface area contributed by atoms with E-state index in [0.29, 0.717) is 17.2 Å². The molecular formula is C14H18ClNO4S. The summed E-state index contributed by atoms with van der Waals surface area (Å²) in [6.07, 6.45) is 0.491. The van der Waals surface area contributed by atoms with E-state index >= 15 is 0 Å². The van der Waals surface area contributed by atoms with Crippen LogP contribution in [0.15, 0.2) is 18.2 Å². The molecule has 1 aliphatic heterocycles. The van der Waals surface area contributed by atoms with Crippen molar-refractivity contribution in [2.45, 2.75) is 19.4 Å². The molecule has 1 saturated heterocycles. The predicted octanol–water partition coefficient (Wildman–Crippen LogP) is 1.67. The molecule has 1 fully saturated rings. The number of amides is 1. The summed E-state index contributed by atoms with van der Waals surface area (Å²) in [6, 6.07) is 4.92. The summed E-state index contributed by atoms with van der Waals surface area (Å²) in [7, 11) is -1.39. The van der Waals surface area contributed by atoms with E-state index in [2.05, 4.69) is 0 Å². The van der Waals surface area contributed by atoms with Gasteiger partial charge in [-0.25, -0.2) is 8.42 Å². The molecule has 1 unspecified atom stereocenters. The van der Waals surface area contributed by atoms with Crippen molar-refractivity contribution in [3.05, 3.63) is 28.8 Å². The van der Waals surface area contributed by atoms with Crippen LogP contribution < -0.4 is 4.74 Å². The van der Waals surface area contributed by atoms with E-state index in [0.717, 1.165) is 5.56 Å². The van der Waals surface area contributed by atoms with Crippen molar-refractivity contribution in [2.75, 3.05) is 25.2 Å². The lowest BCUT2D eigenvalue weighted by molar-refractivity contribution is -0.133. The summed E-state index contributed by atoms with van der Waals surface area (Å²) in [6.45, 7) is 1.74. The van der Waals surface area contributed by atoms with Crippen molar-refractivity contribution in [2.24, 2.45) is 0 Å². The number of carbonyl (C=O) groups is 1. The molecule has 0 aliphatic carbocycles. The fourth-order valence-electron chi connectivity index (χ4n) is 2.24. The van der Waals surface area contributed by atoms with Gasteiger partial charge in [0.1, 0.15) is 5.75 Å². The minimum absolute atomic E-state index is 0.0370. The van der Waals surface area contributed by atoms with Gasteiger partial charge in [-0.15, -0.1) is 0 Å². The Morgan fingerprint density at radius 1 is 1.48 bits per heavy atom. The molecule has 1 aromatic rings. The Bertz CT molecular complexity index is 644. The highest BCUT2D eigenvalue weighted by molar-refractivity contribution is 7.91. The van der Waals surface area contributed by atoms with Crippen LogP contribution in [0, 0.1) is 6.92 Å². The number of likely N-dealkylation sites (N-methyl/N-ethyl adjacent to an activating group) is 1. The van der Waals surface area contributed by atoms with Crippen molar-refractivity contribution < 1.29 is 17.9 Å². The van der Waals surface area contributed by atoms with E-state index in [1.807, 2.05) is 6.92 Å². The number of aryl methyl sites for hydroxylation is 1. The first-order chi connectivity index (χ1) is 9.78. The first-order valence-corrected chi connectivity index (χ1v) is 8.83. The van der Waals surface area contributed by atoms with Crippen molar-refractivity contribution in [1.29, 1.82) is 0 Å². The molecule has 1 atom stereocenters. The van der Waals surface area contributed by atoms with E-state index in [1.54, 1.807) is 25.2 Å². The highest BCUT2D eigenvalue weighted by Gasteiger charge is 2.32. The van der Waals surface area contributed by atoms with Crippen LogP contribution in [-0.4, -0.2) is 50.4 Å². The normalized spacial score (nSPS) is 20.2. The molecule has 0 spiro atoms. The standard InChI is InChI=1S/C14H18ClNO4S/c1-10-7-12(3-4-13(10)15)20-8-14(17)16(2)11-5-6-21(18,19)9-11/h3-4,7,11H,5-6,8-9H2,1-2H3. The molecule has 0 bridgehead atoms. The van der Waals surface area contributed by atoms with Gasteiger partial charge in [0.05, 0.1) is 11.5 Å². The lowest BCUT2D eigenvalue weighted by Crippen LogP contribution is -2.40. The van der Waals surface area contributed by atoms with Gasteiger partial charge in [0.25, 0.3) is 5.91 Å². The fraction of sp³-hybridized carbons (Fsp3) is 0.500. The monoisotopic (exact) mass is 331 g/mol. The van der Waals surface area contributed by atoms with Crippen molar-refractivity contribution in [3.8, 4) is 5.75 Å². The summed E-state index contributed by atoms with van der Waals surface area (Å²) in [5.41, 5.74) is 0.872. The molecule has 1 amide bonds. The fourth-order valence-corrected chi connectivity index (χ4v) is 4.13. The second-order valence-corrected chi connectivity index (χ2v) is 7.90. The van der Waals surface area contributed by atoms with Gasteiger partial charge >= 0.3 is 0 Å². The van der Waals surface area contributed by atoms with Crippen LogP contribution in [0.4, 0.5) is 0 Å². The zero-order valence-electron chi connectivity index (χ0n) is 12.0. The van der Waals surface area contributed by atoms with E-state index in [4.69, 9.17) is 16.3 Å². The number of sulfone groups is 1. The van der Waals surface area contributed by atoms with Gasteiger partial charge in [0.15, 0.2) is 16.4 Å². The maximum Gasteiger partial charge on any atom is 0.260 e. The van der Waals surface area contributed by atoms with Crippen LogP contribution >= 0.6 is 11.6 Å². The highest BCUT2D eigenvalue weighted by atomic mass is 35.5. The predicted molar refractivity (Wildman–Crippen MR) is 81.5 cm³/mol. The largest absolute Gasteiger partial charge is 0.484 e. The minimum Gasteiger partial charge on any atom is -0.484 e. The molecule has 7 heteroatoms. The first kappa shape index (κ1) is 16.1. The third-order valence-corrected chi connectivity index (χ3v) is 5.82. The highest BCUT2D eigenvalue weighted by Crippen LogP contribution is 2.21. The Labute approximate surface area is 129 Å². The molecule has 0 saturated carbocycles. The molecule has 1 heterocycles. The third kappa shape index (κ3) is 4.11. The maximum atomic E-state index is 12.0. The maximum absolute atomic E-state index is 12.0. The van der Waals surface area contributed by atoms with E-state index in [1.165, 1.54) is 4.90 Å². The van der Waals surface area contributed by atoms with Crippen molar-refractivity contribution in [3.63, 3.8) is 0 Å². The van der Waals surface area contributed by atoms with E-state index in [-0.39, 0.29) is 30.1 Å². The van der Waals surface area contributed by atoms with Crippen molar-refractivity contribution >= 4 is 27.3 Å². The summed E-state index contributed by atoms with van der Waals surface area (Å²) < 4.78 is 28.3. The van der Waals surface area contributed by atoms with Crippen LogP contribution in [0.2, 0.25) is 5.02 Å². The van der Waals surface area contributed by atoms with E-state index in [9.17, 15) is 13.2 Å². The average Bonchev–Trinajstić information content (AvgIpc) is 2.79. The number of nitrogens with zero attached hydrogens (tertiary/aromatic N) is 1. The van der Waals surface area contributed by atoms with Gasteiger partial charge in [-0.3, -0.25) is 4.79 Å². The summed E-state index contributed by atoms with van der Waals surface area (Å²) >= 11 is 5.92. The first-order valence-electron chi connectivity index (χ1n) is 6.63. The number of hydrogen-bond donors (Lipinski definition) is 0. The van der Waals surface area contributed by atoms with Gasteiger partial charge in [-0.05, 0) is 37.1 Å². The van der Waals surface area contributed by atoms with Crippen LogP contribution in [0.25, 0.3) is 0 Å². The summed E-state index contributed by atoms with van der Waals surface area (Å²) in [5, 5.41) is 0.641. The van der Waals surface area contributed by atoms with Gasteiger partial charge < -0.3 is 9.64 Å². The smallest absolute Gasteiger partial charge is 0.260 e. The van der Waals surface area contributed by atoms with Crippen LogP contribution in [0.3, 0.4) is 0 Å². The average molecular weight is 332 g/mol. The molecular weight excluding hydrogens is 314 g/mol. The molecule has 1 aliphatic rings. The Balaban J connectivity index is 1.91. The summed E-state index contributed by atoms with van der Waals surface area (Å²) in [5.74, 6) is 0.518. The van der Waals surface area contributed by atoms with Gasteiger partial charge in [0, 0.05) is 18.1 Å². The van der Waals surface area contributed by atoms with E-state index < -0.39 is 9.84 Å². The number of halogens is 1. The van der Waals surface area contributed by atoms with Crippen LogP contribution in [-0.2, 0) is 14.6 Å². The zero-order valence-corrected chi connectivity index (χ0v) is 13.6. The van der Waals surface area contributed by atoms with Gasteiger partial charge in [0.2, 0.25) is 0 Å². The Morgan fingerprint density at radius 2 is 2.19 bits per heavy atom. The lowest BCUT2D eigenvalue weighted by atomic mass is 10.2. The third-order valence-electron chi connectivity index (χ3n) is 3.64. The molecule has 0 aromatic heterocycles. The topological polar surface area (TPSA) is 63.7 Å². The molecule has 116 valence electrons. The lowest BCUT2D eigenvalue weighted by Gasteiger charge is -2.23. The Morgan fingerprint density at radius 3 is 2.76 bits per heavy atom. The number of hydrogen-bond acceptors (Lipinski definition) is 4. The minimum atomic E-state index is -3.00. The molecule has 5 nitrogen and oxygen atoms in total. The SMILES string of the molecule is Cc1cc(OCC(=O)N(C)C2CCS(=O)(=O)C2)ccc1Cl. The number of carbonyl (C=O) groups excluding carboxylic acids is 1. The molecule has 0 radical (unpaired) electrons. The second kappa shape index (κ2) is 6.23. The molecule has 0 N–H and O–H groups in total. The van der Waals surface area contributed by atoms with Gasteiger partial charge in [-0.1, -0.05) is 11.6 Å². The number of ether oxygens (including phenoxy) is 1. The molecule has 1 aromatic carbocycles. The molecule has 2 rings (SSSR count). The van der Waals surface area contributed by atoms with Gasteiger partial charge in [-0.2, -0.15) is 0 Å². The number of rotatable bonds is 4. The van der Waals surface area contributed by atoms with Crippen molar-refractivity contribution in [1.82, 2.24) is 4.90 Å². The second-order valence-electron chi connectivity index (χ2n) is 5.26. The zero-order chi connectivity index (χ0) is 15.6. The quantitative estimate of drug-likeness (QED) is 0.842. The summed E-state index contributed by atoms with van der Waals surface area (Å²) in [4.78, 5) is 13.5. The Hall–Kier alpha value is -1.27. The van der Waals surface area contributed by atoms with Crippen LogP contribution in [0.1, 0.15) is 12.0 Å². The molecule has 21 heavy (non-hydrogen) atoms. The Kier molecular flexibility index (Phi) is 4.78. The van der Waals surface area contributed by atoms with Crippen LogP contribution in [0.5, 0.6) is 5.75 Å². The number of benzene rings is 1.